The number of hydrogen-bond acceptors (Lipinski definition) is 10. The topological polar surface area (TPSA) is 187 Å². The number of carbonyl (C=O) groups is 1. The van der Waals surface area contributed by atoms with Crippen molar-refractivity contribution in [3.8, 4) is 28.6 Å². The maximum atomic E-state index is 12.5. The molecule has 168 valence electrons. The van der Waals surface area contributed by atoms with Gasteiger partial charge in [0.15, 0.2) is 23.0 Å². The highest BCUT2D eigenvalue weighted by Crippen LogP contribution is 2.42. The van der Waals surface area contributed by atoms with E-state index in [1.165, 1.54) is 0 Å². The Morgan fingerprint density at radius 3 is 2.28 bits per heavy atom. The van der Waals surface area contributed by atoms with Gasteiger partial charge in [-0.2, -0.15) is 0 Å². The van der Waals surface area contributed by atoms with E-state index in [9.17, 15) is 35.1 Å². The average Bonchev–Trinajstić information content (AvgIpc) is 2.77. The van der Waals surface area contributed by atoms with Crippen molar-refractivity contribution in [2.24, 2.45) is 0 Å². The Balaban J connectivity index is 1.77. The van der Waals surface area contributed by atoms with Crippen molar-refractivity contribution in [2.75, 3.05) is 0 Å². The first-order valence-corrected chi connectivity index (χ1v) is 9.36. The first-order chi connectivity index (χ1) is 15.2. The maximum absolute atomic E-state index is 12.5. The number of phenolic OH excluding ortho intramolecular Hbond substituents is 2. The summed E-state index contributed by atoms with van der Waals surface area (Å²) in [7, 11) is 0. The summed E-state index contributed by atoms with van der Waals surface area (Å²) in [5.41, 5.74) is -0.265. The molecule has 1 aliphatic heterocycles. The fourth-order valence-corrected chi connectivity index (χ4v) is 3.38. The van der Waals surface area contributed by atoms with Crippen molar-refractivity contribution in [1.29, 1.82) is 0 Å². The Morgan fingerprint density at radius 2 is 1.62 bits per heavy atom. The molecule has 2 heterocycles. The number of aliphatic hydroxyl groups excluding tert-OH is 3. The van der Waals surface area contributed by atoms with E-state index in [1.807, 2.05) is 0 Å². The zero-order valence-corrected chi connectivity index (χ0v) is 16.2. The van der Waals surface area contributed by atoms with Crippen LogP contribution in [0.2, 0.25) is 0 Å². The lowest BCUT2D eigenvalue weighted by Crippen LogP contribution is -2.61. The van der Waals surface area contributed by atoms with Gasteiger partial charge in [0.2, 0.25) is 12.0 Å². The van der Waals surface area contributed by atoms with Gasteiger partial charge in [0.1, 0.15) is 35.0 Å². The number of aromatic hydroxyl groups is 2. The lowest BCUT2D eigenvalue weighted by molar-refractivity contribution is -0.271. The third kappa shape index (κ3) is 3.63. The molecular formula is C21H18O11. The molecule has 2 unspecified atom stereocenters. The Labute approximate surface area is 178 Å². The SMILES string of the molecule is O=C(O)[C@H]1O[C@@H](Oc2cc3oc(-c4ccccc4)cc(=O)c3c(O)c2O)C(O)[C@@H](O)C1O. The van der Waals surface area contributed by atoms with Gasteiger partial charge in [-0.1, -0.05) is 30.3 Å². The van der Waals surface area contributed by atoms with Crippen molar-refractivity contribution in [3.63, 3.8) is 0 Å². The highest BCUT2D eigenvalue weighted by atomic mass is 16.7. The van der Waals surface area contributed by atoms with Crippen LogP contribution in [0.1, 0.15) is 0 Å². The first kappa shape index (κ1) is 21.6. The predicted molar refractivity (Wildman–Crippen MR) is 106 cm³/mol. The van der Waals surface area contributed by atoms with Gasteiger partial charge < -0.3 is 44.5 Å². The number of carboxylic acids is 1. The minimum absolute atomic E-state index is 0.164. The normalized spacial score (nSPS) is 25.5. The Hall–Kier alpha value is -3.64. The van der Waals surface area contributed by atoms with Crippen LogP contribution in [0.15, 0.2) is 51.7 Å². The Morgan fingerprint density at radius 1 is 0.938 bits per heavy atom. The third-order valence-electron chi connectivity index (χ3n) is 5.05. The molecule has 0 saturated carbocycles. The molecule has 0 amide bonds. The van der Waals surface area contributed by atoms with E-state index in [-0.39, 0.29) is 16.7 Å². The lowest BCUT2D eigenvalue weighted by atomic mass is 9.99. The van der Waals surface area contributed by atoms with Crippen molar-refractivity contribution in [3.05, 3.63) is 52.7 Å². The zero-order chi connectivity index (χ0) is 23.2. The zero-order valence-electron chi connectivity index (χ0n) is 16.2. The Kier molecular flexibility index (Phi) is 5.48. The van der Waals surface area contributed by atoms with E-state index >= 15 is 0 Å². The van der Waals surface area contributed by atoms with E-state index in [1.54, 1.807) is 30.3 Å². The third-order valence-corrected chi connectivity index (χ3v) is 5.05. The van der Waals surface area contributed by atoms with E-state index in [4.69, 9.17) is 19.0 Å². The van der Waals surface area contributed by atoms with Gasteiger partial charge >= 0.3 is 5.97 Å². The molecule has 11 nitrogen and oxygen atoms in total. The summed E-state index contributed by atoms with van der Waals surface area (Å²) in [5.74, 6) is -3.76. The second-order valence-electron chi connectivity index (χ2n) is 7.14. The summed E-state index contributed by atoms with van der Waals surface area (Å²) in [6.07, 6.45) is -9.56. The van der Waals surface area contributed by atoms with Crippen LogP contribution in [0, 0.1) is 0 Å². The van der Waals surface area contributed by atoms with Crippen molar-refractivity contribution in [2.45, 2.75) is 30.7 Å². The average molecular weight is 446 g/mol. The second kappa shape index (κ2) is 8.13. The van der Waals surface area contributed by atoms with Gasteiger partial charge in [-0.15, -0.1) is 0 Å². The molecule has 0 radical (unpaired) electrons. The highest BCUT2D eigenvalue weighted by molar-refractivity contribution is 5.89. The number of benzene rings is 2. The van der Waals surface area contributed by atoms with Crippen LogP contribution in [0.25, 0.3) is 22.3 Å². The van der Waals surface area contributed by atoms with Gasteiger partial charge in [-0.3, -0.25) is 4.79 Å². The van der Waals surface area contributed by atoms with Crippen molar-refractivity contribution < 1.29 is 49.3 Å². The quantitative estimate of drug-likeness (QED) is 0.299. The molecule has 32 heavy (non-hydrogen) atoms. The summed E-state index contributed by atoms with van der Waals surface area (Å²) in [6, 6.07) is 10.8. The summed E-state index contributed by atoms with van der Waals surface area (Å²) in [4.78, 5) is 23.8. The van der Waals surface area contributed by atoms with Gasteiger partial charge in [0, 0.05) is 17.7 Å². The number of fused-ring (bicyclic) bond motifs is 1. The van der Waals surface area contributed by atoms with Gasteiger partial charge in [-0.05, 0) is 0 Å². The summed E-state index contributed by atoms with van der Waals surface area (Å²) < 4.78 is 16.0. The van der Waals surface area contributed by atoms with Gasteiger partial charge in [0.05, 0.1) is 0 Å². The summed E-state index contributed by atoms with van der Waals surface area (Å²) >= 11 is 0. The van der Waals surface area contributed by atoms with Crippen LogP contribution in [0.5, 0.6) is 17.2 Å². The van der Waals surface area contributed by atoms with Crippen molar-refractivity contribution in [1.82, 2.24) is 0 Å². The molecule has 6 N–H and O–H groups in total. The van der Waals surface area contributed by atoms with Gasteiger partial charge in [0.25, 0.3) is 0 Å². The van der Waals surface area contributed by atoms with Crippen molar-refractivity contribution >= 4 is 16.9 Å². The van der Waals surface area contributed by atoms with Crippen LogP contribution < -0.4 is 10.2 Å². The molecular weight excluding hydrogens is 428 g/mol. The van der Waals surface area contributed by atoms with E-state index in [2.05, 4.69) is 0 Å². The lowest BCUT2D eigenvalue weighted by Gasteiger charge is -2.38. The highest BCUT2D eigenvalue weighted by Gasteiger charge is 2.48. The monoisotopic (exact) mass is 446 g/mol. The number of rotatable bonds is 4. The first-order valence-electron chi connectivity index (χ1n) is 9.36. The minimum atomic E-state index is -1.94. The standard InChI is InChI=1S/C21H18O11/c22-9-6-10(8-4-2-1-3-5-8)30-11-7-12(14(23)15(24)13(9)11)31-21-18(27)16(25)17(26)19(32-21)20(28)29/h1-7,16-19,21,23-27H,(H,28,29)/t16-,17?,18?,19-,21+/m0/s1. The molecule has 5 atom stereocenters. The molecule has 1 fully saturated rings. The molecule has 0 spiro atoms. The molecule has 11 heteroatoms. The molecule has 1 aromatic heterocycles. The molecule has 0 bridgehead atoms. The number of phenols is 2. The smallest absolute Gasteiger partial charge is 0.335 e. The molecule has 0 aliphatic carbocycles. The summed E-state index contributed by atoms with van der Waals surface area (Å²) in [6.45, 7) is 0. The number of aliphatic hydroxyl groups is 3. The maximum Gasteiger partial charge on any atom is 0.335 e. The summed E-state index contributed by atoms with van der Waals surface area (Å²) in [5, 5.41) is 59.2. The fraction of sp³-hybridized carbons (Fsp3) is 0.238. The minimum Gasteiger partial charge on any atom is -0.504 e. The molecule has 1 aliphatic rings. The van der Waals surface area contributed by atoms with Crippen LogP contribution in [0.4, 0.5) is 0 Å². The van der Waals surface area contributed by atoms with Crippen LogP contribution in [0.3, 0.4) is 0 Å². The largest absolute Gasteiger partial charge is 0.504 e. The number of hydrogen-bond donors (Lipinski definition) is 6. The van der Waals surface area contributed by atoms with E-state index in [0.717, 1.165) is 12.1 Å². The molecule has 3 aromatic rings. The van der Waals surface area contributed by atoms with E-state index in [0.29, 0.717) is 5.56 Å². The molecule has 2 aromatic carbocycles. The van der Waals surface area contributed by atoms with Crippen LogP contribution >= 0.6 is 0 Å². The van der Waals surface area contributed by atoms with E-state index < -0.39 is 59.4 Å². The fourth-order valence-electron chi connectivity index (χ4n) is 3.38. The van der Waals surface area contributed by atoms with Crippen LogP contribution in [-0.2, 0) is 9.53 Å². The molecule has 4 rings (SSSR count). The molecule has 1 saturated heterocycles. The Bertz CT molecular complexity index is 1220. The predicted octanol–water partition coefficient (Wildman–Crippen LogP) is 0.142. The number of carboxylic acid groups (broad SMARTS) is 1. The number of ether oxygens (including phenoxy) is 2. The van der Waals surface area contributed by atoms with Crippen LogP contribution in [-0.4, -0.2) is 67.3 Å². The van der Waals surface area contributed by atoms with Gasteiger partial charge in [-0.25, -0.2) is 4.79 Å². The number of aliphatic carboxylic acids is 1. The second-order valence-corrected chi connectivity index (χ2v) is 7.14.